The first-order valence-electron chi connectivity index (χ1n) is 7.56. The van der Waals surface area contributed by atoms with E-state index < -0.39 is 0 Å². The number of hydrogen-bond donors (Lipinski definition) is 1. The SMILES string of the molecule is Cc1cccc(N2CCN(C(=O)Nc3ccco3)CC2)c1C. The summed E-state index contributed by atoms with van der Waals surface area (Å²) < 4.78 is 5.15. The fourth-order valence-corrected chi connectivity index (χ4v) is 2.76. The molecule has 0 spiro atoms. The second-order valence-electron chi connectivity index (χ2n) is 5.60. The van der Waals surface area contributed by atoms with Crippen LogP contribution in [-0.2, 0) is 0 Å². The standard InChI is InChI=1S/C17H21N3O2/c1-13-5-3-6-15(14(13)2)19-8-10-20(11-9-19)17(21)18-16-7-4-12-22-16/h3-7,12H,8-11H2,1-2H3,(H,18,21). The van der Waals surface area contributed by atoms with E-state index in [1.807, 2.05) is 4.90 Å². The van der Waals surface area contributed by atoms with Gasteiger partial charge in [-0.05, 0) is 37.1 Å². The molecule has 116 valence electrons. The molecule has 5 nitrogen and oxygen atoms in total. The van der Waals surface area contributed by atoms with Crippen LogP contribution in [0, 0.1) is 13.8 Å². The molecule has 2 heterocycles. The molecule has 2 amide bonds. The highest BCUT2D eigenvalue weighted by molar-refractivity contribution is 5.88. The highest BCUT2D eigenvalue weighted by Crippen LogP contribution is 2.24. The minimum absolute atomic E-state index is 0.101. The van der Waals surface area contributed by atoms with E-state index >= 15 is 0 Å². The third-order valence-electron chi connectivity index (χ3n) is 4.23. The number of benzene rings is 1. The van der Waals surface area contributed by atoms with Gasteiger partial charge in [-0.25, -0.2) is 4.79 Å². The minimum atomic E-state index is -0.101. The summed E-state index contributed by atoms with van der Waals surface area (Å²) >= 11 is 0. The topological polar surface area (TPSA) is 48.7 Å². The van der Waals surface area contributed by atoms with Crippen molar-refractivity contribution < 1.29 is 9.21 Å². The van der Waals surface area contributed by atoms with Gasteiger partial charge in [0.25, 0.3) is 0 Å². The quantitative estimate of drug-likeness (QED) is 0.926. The summed E-state index contributed by atoms with van der Waals surface area (Å²) in [5.41, 5.74) is 3.89. The van der Waals surface area contributed by atoms with Gasteiger partial charge in [-0.1, -0.05) is 12.1 Å². The Bertz CT molecular complexity index is 644. The van der Waals surface area contributed by atoms with Crippen molar-refractivity contribution in [1.82, 2.24) is 4.90 Å². The summed E-state index contributed by atoms with van der Waals surface area (Å²) in [6.07, 6.45) is 1.55. The number of nitrogens with one attached hydrogen (secondary N) is 1. The Morgan fingerprint density at radius 3 is 2.55 bits per heavy atom. The van der Waals surface area contributed by atoms with E-state index in [9.17, 15) is 4.79 Å². The molecule has 2 aromatic rings. The molecule has 3 rings (SSSR count). The number of piperazine rings is 1. The number of urea groups is 1. The van der Waals surface area contributed by atoms with Gasteiger partial charge in [0.15, 0.2) is 0 Å². The summed E-state index contributed by atoms with van der Waals surface area (Å²) in [4.78, 5) is 16.3. The lowest BCUT2D eigenvalue weighted by Crippen LogP contribution is -2.50. The number of carbonyl (C=O) groups excluding carboxylic acids is 1. The molecule has 1 aliphatic rings. The van der Waals surface area contributed by atoms with E-state index in [0.717, 1.165) is 13.1 Å². The van der Waals surface area contributed by atoms with E-state index in [1.165, 1.54) is 16.8 Å². The van der Waals surface area contributed by atoms with Crippen LogP contribution >= 0.6 is 0 Å². The molecular weight excluding hydrogens is 278 g/mol. The van der Waals surface area contributed by atoms with Crippen molar-refractivity contribution in [2.75, 3.05) is 36.4 Å². The lowest BCUT2D eigenvalue weighted by molar-refractivity contribution is 0.207. The van der Waals surface area contributed by atoms with Gasteiger partial charge in [0.1, 0.15) is 0 Å². The maximum absolute atomic E-state index is 12.2. The molecule has 1 aromatic heterocycles. The van der Waals surface area contributed by atoms with Crippen LogP contribution in [0.15, 0.2) is 41.0 Å². The van der Waals surface area contributed by atoms with E-state index in [1.54, 1.807) is 18.4 Å². The van der Waals surface area contributed by atoms with Crippen molar-refractivity contribution in [2.24, 2.45) is 0 Å². The zero-order valence-corrected chi connectivity index (χ0v) is 13.0. The summed E-state index contributed by atoms with van der Waals surface area (Å²) in [5.74, 6) is 0.488. The smallest absolute Gasteiger partial charge is 0.324 e. The van der Waals surface area contributed by atoms with E-state index in [-0.39, 0.29) is 6.03 Å². The van der Waals surface area contributed by atoms with Crippen molar-refractivity contribution in [3.63, 3.8) is 0 Å². The van der Waals surface area contributed by atoms with Crippen LogP contribution in [0.3, 0.4) is 0 Å². The number of amides is 2. The van der Waals surface area contributed by atoms with Crippen molar-refractivity contribution in [1.29, 1.82) is 0 Å². The Morgan fingerprint density at radius 1 is 1.09 bits per heavy atom. The molecular formula is C17H21N3O2. The first-order chi connectivity index (χ1) is 10.6. The van der Waals surface area contributed by atoms with Gasteiger partial charge in [-0.3, -0.25) is 5.32 Å². The maximum Gasteiger partial charge on any atom is 0.324 e. The first-order valence-corrected chi connectivity index (χ1v) is 7.56. The molecule has 0 saturated carbocycles. The van der Waals surface area contributed by atoms with Crippen molar-refractivity contribution in [3.8, 4) is 0 Å². The summed E-state index contributed by atoms with van der Waals surface area (Å²) in [7, 11) is 0. The van der Waals surface area contributed by atoms with E-state index in [0.29, 0.717) is 19.0 Å². The molecule has 1 aliphatic heterocycles. The number of anilines is 2. The van der Waals surface area contributed by atoms with Crippen LogP contribution in [0.25, 0.3) is 0 Å². The second-order valence-corrected chi connectivity index (χ2v) is 5.60. The van der Waals surface area contributed by atoms with Crippen molar-refractivity contribution >= 4 is 17.6 Å². The Labute approximate surface area is 130 Å². The van der Waals surface area contributed by atoms with Crippen LogP contribution < -0.4 is 10.2 Å². The van der Waals surface area contributed by atoms with Gasteiger partial charge in [-0.15, -0.1) is 0 Å². The molecule has 1 N–H and O–H groups in total. The van der Waals surface area contributed by atoms with Crippen LogP contribution in [0.1, 0.15) is 11.1 Å². The number of furan rings is 1. The van der Waals surface area contributed by atoms with Crippen LogP contribution in [-0.4, -0.2) is 37.1 Å². The first kappa shape index (κ1) is 14.5. The van der Waals surface area contributed by atoms with Crippen molar-refractivity contribution in [2.45, 2.75) is 13.8 Å². The summed E-state index contributed by atoms with van der Waals surface area (Å²) in [6, 6.07) is 9.77. The molecule has 1 aromatic carbocycles. The molecule has 0 radical (unpaired) electrons. The van der Waals surface area contributed by atoms with Gasteiger partial charge in [-0.2, -0.15) is 0 Å². The predicted octanol–water partition coefficient (Wildman–Crippen LogP) is 3.25. The Morgan fingerprint density at radius 2 is 1.86 bits per heavy atom. The van der Waals surface area contributed by atoms with Gasteiger partial charge in [0.05, 0.1) is 6.26 Å². The average molecular weight is 299 g/mol. The minimum Gasteiger partial charge on any atom is -0.449 e. The van der Waals surface area contributed by atoms with Crippen LogP contribution in [0.4, 0.5) is 16.4 Å². The van der Waals surface area contributed by atoms with Gasteiger partial charge < -0.3 is 14.2 Å². The highest BCUT2D eigenvalue weighted by Gasteiger charge is 2.22. The van der Waals surface area contributed by atoms with Crippen LogP contribution in [0.5, 0.6) is 0 Å². The molecule has 5 heteroatoms. The zero-order valence-electron chi connectivity index (χ0n) is 13.0. The molecule has 0 aliphatic carbocycles. The second kappa shape index (κ2) is 6.13. The Kier molecular flexibility index (Phi) is 4.04. The Balaban J connectivity index is 1.60. The number of aryl methyl sites for hydroxylation is 1. The largest absolute Gasteiger partial charge is 0.449 e. The summed E-state index contributed by atoms with van der Waals surface area (Å²) in [5, 5.41) is 2.77. The molecule has 1 saturated heterocycles. The monoisotopic (exact) mass is 299 g/mol. The number of carbonyl (C=O) groups is 1. The maximum atomic E-state index is 12.2. The van der Waals surface area contributed by atoms with Crippen LogP contribution in [0.2, 0.25) is 0 Å². The molecule has 1 fully saturated rings. The number of nitrogens with zero attached hydrogens (tertiary/aromatic N) is 2. The molecule has 0 bridgehead atoms. The predicted molar refractivity (Wildman–Crippen MR) is 87.4 cm³/mol. The fraction of sp³-hybridized carbons (Fsp3) is 0.353. The third kappa shape index (κ3) is 2.93. The summed E-state index contributed by atoms with van der Waals surface area (Å²) in [6.45, 7) is 7.39. The molecule has 22 heavy (non-hydrogen) atoms. The van der Waals surface area contributed by atoms with Gasteiger partial charge in [0, 0.05) is 37.9 Å². The number of hydrogen-bond acceptors (Lipinski definition) is 3. The number of rotatable bonds is 2. The molecule has 0 atom stereocenters. The third-order valence-corrected chi connectivity index (χ3v) is 4.23. The molecule has 0 unspecified atom stereocenters. The lowest BCUT2D eigenvalue weighted by atomic mass is 10.1. The Hall–Kier alpha value is -2.43. The highest BCUT2D eigenvalue weighted by atomic mass is 16.3. The van der Waals surface area contributed by atoms with E-state index in [4.69, 9.17) is 4.42 Å². The lowest BCUT2D eigenvalue weighted by Gasteiger charge is -2.36. The van der Waals surface area contributed by atoms with Crippen molar-refractivity contribution in [3.05, 3.63) is 47.7 Å². The van der Waals surface area contributed by atoms with E-state index in [2.05, 4.69) is 42.3 Å². The zero-order chi connectivity index (χ0) is 15.5. The van der Waals surface area contributed by atoms with Gasteiger partial charge >= 0.3 is 6.03 Å². The fourth-order valence-electron chi connectivity index (χ4n) is 2.76. The normalized spacial score (nSPS) is 15.0. The average Bonchev–Trinajstić information content (AvgIpc) is 3.03. The van der Waals surface area contributed by atoms with Gasteiger partial charge in [0.2, 0.25) is 5.88 Å².